The zero-order chi connectivity index (χ0) is 13.0. The number of aromatic nitrogens is 3. The molecule has 0 aromatic carbocycles. The number of nitrogens with zero attached hydrogens (tertiary/aromatic N) is 3. The van der Waals surface area contributed by atoms with E-state index in [1.54, 1.807) is 42.1 Å². The van der Waals surface area contributed by atoms with Crippen LogP contribution in [0.25, 0.3) is 5.82 Å². The van der Waals surface area contributed by atoms with Crippen LogP contribution < -0.4 is 0 Å². The first-order chi connectivity index (χ1) is 8.69. The molecule has 94 valence electrons. The molecule has 0 aliphatic heterocycles. The van der Waals surface area contributed by atoms with Gasteiger partial charge in [-0.3, -0.25) is 4.79 Å². The Kier molecular flexibility index (Phi) is 3.94. The number of rotatable bonds is 4. The summed E-state index contributed by atoms with van der Waals surface area (Å²) >= 11 is 5.80. The number of pyridine rings is 1. The zero-order valence-electron chi connectivity index (χ0n) is 9.84. The van der Waals surface area contributed by atoms with E-state index in [0.29, 0.717) is 23.3 Å². The van der Waals surface area contributed by atoms with Crippen LogP contribution in [0.5, 0.6) is 0 Å². The van der Waals surface area contributed by atoms with Gasteiger partial charge in [-0.25, -0.2) is 9.67 Å². The summed E-state index contributed by atoms with van der Waals surface area (Å²) in [6.07, 6.45) is 1.88. The first-order valence-electron chi connectivity index (χ1n) is 5.52. The average molecular weight is 266 g/mol. The molecule has 5 nitrogen and oxygen atoms in total. The zero-order valence-corrected chi connectivity index (χ0v) is 10.6. The maximum Gasteiger partial charge on any atom is 0.311 e. The van der Waals surface area contributed by atoms with E-state index in [-0.39, 0.29) is 12.4 Å². The highest BCUT2D eigenvalue weighted by atomic mass is 35.5. The molecule has 0 radical (unpaired) electrons. The van der Waals surface area contributed by atoms with Crippen molar-refractivity contribution in [2.24, 2.45) is 0 Å². The fourth-order valence-corrected chi connectivity index (χ4v) is 1.63. The van der Waals surface area contributed by atoms with E-state index < -0.39 is 0 Å². The summed E-state index contributed by atoms with van der Waals surface area (Å²) in [4.78, 5) is 15.4. The molecule has 0 fully saturated rings. The normalized spacial score (nSPS) is 10.3. The third-order valence-corrected chi connectivity index (χ3v) is 2.42. The quantitative estimate of drug-likeness (QED) is 0.627. The molecule has 2 heterocycles. The van der Waals surface area contributed by atoms with Crippen LogP contribution in [0.2, 0.25) is 5.15 Å². The monoisotopic (exact) mass is 265 g/mol. The van der Waals surface area contributed by atoms with Crippen LogP contribution >= 0.6 is 11.6 Å². The Morgan fingerprint density at radius 1 is 1.44 bits per heavy atom. The maximum absolute atomic E-state index is 11.3. The van der Waals surface area contributed by atoms with Gasteiger partial charge in [0.25, 0.3) is 0 Å². The minimum atomic E-state index is -0.290. The van der Waals surface area contributed by atoms with Crippen molar-refractivity contribution in [1.82, 2.24) is 14.8 Å². The van der Waals surface area contributed by atoms with E-state index in [1.807, 2.05) is 0 Å². The molecule has 0 bridgehead atoms. The van der Waals surface area contributed by atoms with Crippen molar-refractivity contribution in [3.8, 4) is 5.82 Å². The van der Waals surface area contributed by atoms with Crippen LogP contribution in [0.1, 0.15) is 12.6 Å². The minimum Gasteiger partial charge on any atom is -0.466 e. The van der Waals surface area contributed by atoms with E-state index >= 15 is 0 Å². The number of esters is 1. The van der Waals surface area contributed by atoms with Gasteiger partial charge in [0, 0.05) is 6.20 Å². The van der Waals surface area contributed by atoms with Crippen LogP contribution in [0.3, 0.4) is 0 Å². The predicted octanol–water partition coefficient (Wildman–Crippen LogP) is 2.03. The Balaban J connectivity index is 2.13. The number of carbonyl (C=O) groups excluding carboxylic acids is 1. The lowest BCUT2D eigenvalue weighted by molar-refractivity contribution is -0.142. The van der Waals surface area contributed by atoms with E-state index in [2.05, 4.69) is 10.1 Å². The molecule has 0 aliphatic carbocycles. The fourth-order valence-electron chi connectivity index (χ4n) is 1.47. The summed E-state index contributed by atoms with van der Waals surface area (Å²) in [5, 5.41) is 4.64. The molecule has 0 aliphatic rings. The van der Waals surface area contributed by atoms with Crippen molar-refractivity contribution in [2.75, 3.05) is 6.61 Å². The van der Waals surface area contributed by atoms with E-state index in [0.717, 1.165) is 0 Å². The van der Waals surface area contributed by atoms with Crippen molar-refractivity contribution < 1.29 is 9.53 Å². The second kappa shape index (κ2) is 5.64. The van der Waals surface area contributed by atoms with Crippen LogP contribution in [-0.4, -0.2) is 27.3 Å². The highest BCUT2D eigenvalue weighted by Gasteiger charge is 2.08. The lowest BCUT2D eigenvalue weighted by Crippen LogP contribution is -2.08. The highest BCUT2D eigenvalue weighted by Crippen LogP contribution is 2.09. The predicted molar refractivity (Wildman–Crippen MR) is 66.7 cm³/mol. The topological polar surface area (TPSA) is 57.0 Å². The van der Waals surface area contributed by atoms with Crippen LogP contribution in [0, 0.1) is 0 Å². The molecule has 0 N–H and O–H groups in total. The van der Waals surface area contributed by atoms with E-state index in [4.69, 9.17) is 16.3 Å². The van der Waals surface area contributed by atoms with E-state index in [1.165, 1.54) is 0 Å². The lowest BCUT2D eigenvalue weighted by atomic mass is 10.3. The molecule has 6 heteroatoms. The summed E-state index contributed by atoms with van der Waals surface area (Å²) in [5.74, 6) is 0.319. The van der Waals surface area contributed by atoms with Gasteiger partial charge >= 0.3 is 5.97 Å². The molecule has 2 aromatic rings. The Bertz CT molecular complexity index is 554. The molecular weight excluding hydrogens is 254 g/mol. The summed E-state index contributed by atoms with van der Waals surface area (Å²) in [7, 11) is 0. The SMILES string of the molecule is CCOC(=O)Cc1ccn(-c2cccc(Cl)n2)n1. The Hall–Kier alpha value is -1.88. The molecule has 0 atom stereocenters. The number of carbonyl (C=O) groups is 1. The van der Waals surface area contributed by atoms with Gasteiger partial charge in [0.2, 0.25) is 0 Å². The first kappa shape index (κ1) is 12.6. The van der Waals surface area contributed by atoms with Gasteiger partial charge in [-0.15, -0.1) is 0 Å². The molecule has 0 saturated carbocycles. The van der Waals surface area contributed by atoms with Crippen molar-refractivity contribution >= 4 is 17.6 Å². The summed E-state index contributed by atoms with van der Waals surface area (Å²) in [6, 6.07) is 7.01. The van der Waals surface area contributed by atoms with Crippen molar-refractivity contribution in [3.63, 3.8) is 0 Å². The first-order valence-corrected chi connectivity index (χ1v) is 5.90. The molecule has 0 unspecified atom stereocenters. The number of hydrogen-bond donors (Lipinski definition) is 0. The third-order valence-electron chi connectivity index (χ3n) is 2.21. The van der Waals surface area contributed by atoms with Gasteiger partial charge in [0.15, 0.2) is 5.82 Å². The number of halogens is 1. The van der Waals surface area contributed by atoms with Gasteiger partial charge in [-0.05, 0) is 25.1 Å². The van der Waals surface area contributed by atoms with Gasteiger partial charge in [-0.2, -0.15) is 5.10 Å². The van der Waals surface area contributed by atoms with Crippen molar-refractivity contribution in [1.29, 1.82) is 0 Å². The maximum atomic E-state index is 11.3. The van der Waals surface area contributed by atoms with Gasteiger partial charge in [-0.1, -0.05) is 17.7 Å². The number of hydrogen-bond acceptors (Lipinski definition) is 4. The largest absolute Gasteiger partial charge is 0.466 e. The second-order valence-electron chi connectivity index (χ2n) is 3.55. The third kappa shape index (κ3) is 3.07. The standard InChI is InChI=1S/C12H12ClN3O2/c1-2-18-12(17)8-9-6-7-16(15-9)11-5-3-4-10(13)14-11/h3-7H,2,8H2,1H3. The molecule has 18 heavy (non-hydrogen) atoms. The van der Waals surface area contributed by atoms with Crippen molar-refractivity contribution in [3.05, 3.63) is 41.3 Å². The van der Waals surface area contributed by atoms with Crippen LogP contribution in [0.4, 0.5) is 0 Å². The highest BCUT2D eigenvalue weighted by molar-refractivity contribution is 6.29. The summed E-state index contributed by atoms with van der Waals surface area (Å²) < 4.78 is 6.42. The van der Waals surface area contributed by atoms with E-state index in [9.17, 15) is 4.79 Å². The lowest BCUT2D eigenvalue weighted by Gasteiger charge is -2.00. The molecule has 2 aromatic heterocycles. The average Bonchev–Trinajstić information content (AvgIpc) is 2.78. The number of ether oxygens (including phenoxy) is 1. The second-order valence-corrected chi connectivity index (χ2v) is 3.94. The van der Waals surface area contributed by atoms with Crippen LogP contribution in [-0.2, 0) is 16.0 Å². The molecular formula is C12H12ClN3O2. The van der Waals surface area contributed by atoms with Gasteiger partial charge in [0.05, 0.1) is 18.7 Å². The van der Waals surface area contributed by atoms with Gasteiger partial charge in [0.1, 0.15) is 5.15 Å². The Morgan fingerprint density at radius 2 is 2.28 bits per heavy atom. The van der Waals surface area contributed by atoms with Crippen LogP contribution in [0.15, 0.2) is 30.5 Å². The molecule has 0 amide bonds. The molecule has 2 rings (SSSR count). The molecule has 0 saturated heterocycles. The summed E-state index contributed by atoms with van der Waals surface area (Å²) in [5.41, 5.74) is 0.634. The fraction of sp³-hybridized carbons (Fsp3) is 0.250. The minimum absolute atomic E-state index is 0.154. The molecule has 0 spiro atoms. The Labute approximate surface area is 109 Å². The summed E-state index contributed by atoms with van der Waals surface area (Å²) in [6.45, 7) is 2.14. The smallest absolute Gasteiger partial charge is 0.311 e. The van der Waals surface area contributed by atoms with Gasteiger partial charge < -0.3 is 4.74 Å². The van der Waals surface area contributed by atoms with Crippen molar-refractivity contribution in [2.45, 2.75) is 13.3 Å². The Morgan fingerprint density at radius 3 is 3.00 bits per heavy atom.